The maximum Gasteiger partial charge on any atom is 0.420 e. The molecule has 0 aliphatic rings. The van der Waals surface area contributed by atoms with Gasteiger partial charge in [-0.2, -0.15) is 13.2 Å². The number of nitrogens with zero attached hydrogens (tertiary/aromatic N) is 5. The van der Waals surface area contributed by atoms with Crippen LogP contribution in [-0.4, -0.2) is 30.5 Å². The summed E-state index contributed by atoms with van der Waals surface area (Å²) in [4.78, 5) is 29.2. The molecule has 4 aromatic rings. The third-order valence-corrected chi connectivity index (χ3v) is 5.08. The Morgan fingerprint density at radius 3 is 2.66 bits per heavy atom. The number of carbonyl (C=O) groups is 1. The highest BCUT2D eigenvalue weighted by Gasteiger charge is 2.35. The van der Waals surface area contributed by atoms with Crippen molar-refractivity contribution in [2.75, 3.05) is 5.43 Å². The SMILES string of the molecule is Cc1csc(-c2ncc(C(=O)Nn3cc(C(F)(F)F)c4ncccc43)c(C)n2)n1. The van der Waals surface area contributed by atoms with Crippen molar-refractivity contribution in [3.05, 3.63) is 58.6 Å². The van der Waals surface area contributed by atoms with E-state index in [1.165, 1.54) is 35.9 Å². The largest absolute Gasteiger partial charge is 0.420 e. The second-order valence-corrected chi connectivity index (χ2v) is 7.07. The summed E-state index contributed by atoms with van der Waals surface area (Å²) in [6.07, 6.45) is -1.20. The quantitative estimate of drug-likeness (QED) is 0.544. The van der Waals surface area contributed by atoms with Gasteiger partial charge >= 0.3 is 6.18 Å². The topological polar surface area (TPSA) is 85.6 Å². The Balaban J connectivity index is 1.67. The van der Waals surface area contributed by atoms with E-state index in [4.69, 9.17) is 0 Å². The van der Waals surface area contributed by atoms with Crippen LogP contribution in [0.15, 0.2) is 36.1 Å². The number of thiazole rings is 1. The number of alkyl halides is 3. The van der Waals surface area contributed by atoms with E-state index in [0.717, 1.165) is 16.6 Å². The van der Waals surface area contributed by atoms with Gasteiger partial charge in [-0.25, -0.2) is 15.0 Å². The number of aryl methyl sites for hydroxylation is 2. The van der Waals surface area contributed by atoms with E-state index in [2.05, 4.69) is 25.4 Å². The standard InChI is InChI=1S/C18H13F3N6OS/c1-9-8-29-17(24-9)15-23-6-11(10(2)25-15)16(28)26-27-7-12(18(19,20)21)14-13(27)4-3-5-22-14/h3-8H,1-2H3,(H,26,28). The Morgan fingerprint density at radius 1 is 1.21 bits per heavy atom. The molecule has 4 heterocycles. The number of nitrogens with one attached hydrogen (secondary N) is 1. The minimum atomic E-state index is -4.60. The van der Waals surface area contributed by atoms with E-state index in [9.17, 15) is 18.0 Å². The molecule has 0 bridgehead atoms. The monoisotopic (exact) mass is 418 g/mol. The highest BCUT2D eigenvalue weighted by atomic mass is 32.1. The summed E-state index contributed by atoms with van der Waals surface area (Å²) in [5.74, 6) is -0.258. The first-order valence-corrected chi connectivity index (χ1v) is 9.23. The van der Waals surface area contributed by atoms with E-state index in [0.29, 0.717) is 16.5 Å². The first kappa shape index (κ1) is 19.0. The number of fused-ring (bicyclic) bond motifs is 1. The van der Waals surface area contributed by atoms with Gasteiger partial charge in [0.15, 0.2) is 10.8 Å². The Kier molecular flexibility index (Phi) is 4.53. The van der Waals surface area contributed by atoms with Crippen LogP contribution in [0.2, 0.25) is 0 Å². The maximum absolute atomic E-state index is 13.3. The molecule has 0 aliphatic heterocycles. The predicted molar refractivity (Wildman–Crippen MR) is 101 cm³/mol. The van der Waals surface area contributed by atoms with Crippen LogP contribution in [-0.2, 0) is 6.18 Å². The van der Waals surface area contributed by atoms with Crippen molar-refractivity contribution in [2.45, 2.75) is 20.0 Å². The fraction of sp³-hybridized carbons (Fsp3) is 0.167. The Labute approximate surface area is 166 Å². The lowest BCUT2D eigenvalue weighted by Gasteiger charge is -2.09. The number of carbonyl (C=O) groups excluding carboxylic acids is 1. The average Bonchev–Trinajstić information content (AvgIpc) is 3.25. The summed E-state index contributed by atoms with van der Waals surface area (Å²) in [7, 11) is 0. The van der Waals surface area contributed by atoms with E-state index in [1.807, 2.05) is 12.3 Å². The van der Waals surface area contributed by atoms with Crippen LogP contribution in [0.5, 0.6) is 0 Å². The molecule has 7 nitrogen and oxygen atoms in total. The van der Waals surface area contributed by atoms with Crippen molar-refractivity contribution < 1.29 is 18.0 Å². The van der Waals surface area contributed by atoms with Crippen molar-refractivity contribution in [2.24, 2.45) is 0 Å². The van der Waals surface area contributed by atoms with Crippen molar-refractivity contribution >= 4 is 28.3 Å². The van der Waals surface area contributed by atoms with Crippen LogP contribution in [0, 0.1) is 13.8 Å². The van der Waals surface area contributed by atoms with Gasteiger partial charge < -0.3 is 0 Å². The molecule has 0 atom stereocenters. The minimum absolute atomic E-state index is 0.127. The van der Waals surface area contributed by atoms with Crippen molar-refractivity contribution in [3.63, 3.8) is 0 Å². The number of amides is 1. The van der Waals surface area contributed by atoms with Crippen molar-refractivity contribution in [1.29, 1.82) is 0 Å². The van der Waals surface area contributed by atoms with Gasteiger partial charge in [-0.05, 0) is 26.0 Å². The van der Waals surface area contributed by atoms with Gasteiger partial charge in [0, 0.05) is 29.7 Å². The average molecular weight is 418 g/mol. The molecule has 4 rings (SSSR count). The number of pyridine rings is 1. The lowest BCUT2D eigenvalue weighted by molar-refractivity contribution is -0.136. The van der Waals surface area contributed by atoms with Crippen LogP contribution in [0.1, 0.15) is 27.3 Å². The van der Waals surface area contributed by atoms with Crippen LogP contribution in [0.25, 0.3) is 21.9 Å². The number of hydrogen-bond donors (Lipinski definition) is 1. The molecule has 0 radical (unpaired) electrons. The van der Waals surface area contributed by atoms with Crippen LogP contribution in [0.3, 0.4) is 0 Å². The smallest absolute Gasteiger partial charge is 0.267 e. The van der Waals surface area contributed by atoms with Crippen LogP contribution in [0.4, 0.5) is 13.2 Å². The molecule has 0 aliphatic carbocycles. The zero-order chi connectivity index (χ0) is 20.8. The van der Waals surface area contributed by atoms with Gasteiger partial charge in [0.1, 0.15) is 11.1 Å². The molecule has 1 N–H and O–H groups in total. The molecule has 1 amide bonds. The fourth-order valence-electron chi connectivity index (χ4n) is 2.78. The lowest BCUT2D eigenvalue weighted by Crippen LogP contribution is -2.23. The number of rotatable bonds is 3. The second-order valence-electron chi connectivity index (χ2n) is 6.21. The summed E-state index contributed by atoms with van der Waals surface area (Å²) in [5, 5.41) is 2.48. The molecular weight excluding hydrogens is 405 g/mol. The summed E-state index contributed by atoms with van der Waals surface area (Å²) < 4.78 is 40.8. The van der Waals surface area contributed by atoms with E-state index in [1.54, 1.807) is 6.92 Å². The Morgan fingerprint density at radius 2 is 2.00 bits per heavy atom. The third kappa shape index (κ3) is 3.56. The molecule has 0 spiro atoms. The number of halogens is 3. The summed E-state index contributed by atoms with van der Waals surface area (Å²) >= 11 is 1.38. The van der Waals surface area contributed by atoms with Gasteiger partial charge in [0.2, 0.25) is 0 Å². The van der Waals surface area contributed by atoms with Gasteiger partial charge in [0.05, 0.1) is 16.8 Å². The third-order valence-electron chi connectivity index (χ3n) is 4.12. The Hall–Kier alpha value is -3.34. The molecule has 29 heavy (non-hydrogen) atoms. The van der Waals surface area contributed by atoms with Crippen molar-refractivity contribution in [1.82, 2.24) is 24.6 Å². The zero-order valence-electron chi connectivity index (χ0n) is 15.2. The lowest BCUT2D eigenvalue weighted by atomic mass is 10.2. The summed E-state index contributed by atoms with van der Waals surface area (Å²) in [6, 6.07) is 2.93. The highest BCUT2D eigenvalue weighted by molar-refractivity contribution is 7.13. The van der Waals surface area contributed by atoms with Crippen molar-refractivity contribution in [3.8, 4) is 10.8 Å². The molecular formula is C18H13F3N6OS. The minimum Gasteiger partial charge on any atom is -0.267 e. The molecule has 0 saturated heterocycles. The van der Waals surface area contributed by atoms with E-state index in [-0.39, 0.29) is 16.6 Å². The van der Waals surface area contributed by atoms with Crippen LogP contribution < -0.4 is 5.43 Å². The maximum atomic E-state index is 13.3. The van der Waals surface area contributed by atoms with E-state index >= 15 is 0 Å². The first-order chi connectivity index (χ1) is 13.7. The highest BCUT2D eigenvalue weighted by Crippen LogP contribution is 2.34. The molecule has 11 heteroatoms. The number of hydrogen-bond acceptors (Lipinski definition) is 6. The molecule has 0 saturated carbocycles. The summed E-state index contributed by atoms with van der Waals surface area (Å²) in [6.45, 7) is 3.47. The molecule has 0 aromatic carbocycles. The number of aromatic nitrogens is 5. The van der Waals surface area contributed by atoms with Crippen LogP contribution >= 0.6 is 11.3 Å². The van der Waals surface area contributed by atoms with Gasteiger partial charge in [-0.1, -0.05) is 0 Å². The molecule has 4 aromatic heterocycles. The normalized spacial score (nSPS) is 11.8. The second kappa shape index (κ2) is 6.92. The Bertz CT molecular complexity index is 1230. The van der Waals surface area contributed by atoms with Gasteiger partial charge in [0.25, 0.3) is 5.91 Å². The molecule has 148 valence electrons. The predicted octanol–water partition coefficient (Wildman–Crippen LogP) is 3.97. The molecule has 0 fully saturated rings. The fourth-order valence-corrected chi connectivity index (χ4v) is 3.51. The zero-order valence-corrected chi connectivity index (χ0v) is 16.0. The van der Waals surface area contributed by atoms with Gasteiger partial charge in [-0.3, -0.25) is 19.9 Å². The molecule has 0 unspecified atom stereocenters. The van der Waals surface area contributed by atoms with Gasteiger partial charge in [-0.15, -0.1) is 11.3 Å². The first-order valence-electron chi connectivity index (χ1n) is 8.35. The summed E-state index contributed by atoms with van der Waals surface area (Å²) in [5.41, 5.74) is 2.74. The van der Waals surface area contributed by atoms with E-state index < -0.39 is 17.6 Å².